The minimum Gasteiger partial charge on any atom is -0.398 e. The molecule has 0 aliphatic carbocycles. The minimum absolute atomic E-state index is 0.299. The van der Waals surface area contributed by atoms with Crippen LogP contribution >= 0.6 is 0 Å². The number of nitrogens with one attached hydrogen (secondary N) is 2. The van der Waals surface area contributed by atoms with E-state index in [1.54, 1.807) is 55.0 Å². The number of H-pyrrole nitrogens is 1. The second-order valence-electron chi connectivity index (χ2n) is 5.79. The number of nitriles is 1. The van der Waals surface area contributed by atoms with Crippen LogP contribution in [0.5, 0.6) is 0 Å². The highest BCUT2D eigenvalue weighted by molar-refractivity contribution is 6.12. The van der Waals surface area contributed by atoms with Gasteiger partial charge in [-0.1, -0.05) is 6.07 Å². The van der Waals surface area contributed by atoms with Crippen LogP contribution in [0.4, 0.5) is 11.4 Å². The number of carbonyl (C=O) groups excluding carboxylic acids is 1. The summed E-state index contributed by atoms with van der Waals surface area (Å²) < 4.78 is 0. The third-order valence-electron chi connectivity index (χ3n) is 4.08. The quantitative estimate of drug-likeness (QED) is 0.484. The summed E-state index contributed by atoms with van der Waals surface area (Å²) in [7, 11) is 0. The number of hydrogen-bond donors (Lipinski definition) is 3. The lowest BCUT2D eigenvalue weighted by molar-refractivity contribution is 0.102. The molecule has 8 nitrogen and oxygen atoms in total. The SMILES string of the molecule is N#Cc1cc(-c2cc(C(=O)Nc3ccncc3)c3cn[nH]c3n2)ccc1N. The lowest BCUT2D eigenvalue weighted by atomic mass is 10.0. The molecule has 0 radical (unpaired) electrons. The van der Waals surface area contributed by atoms with Crippen molar-refractivity contribution >= 4 is 28.3 Å². The molecule has 4 aromatic rings. The van der Waals surface area contributed by atoms with Crippen LogP contribution in [0.2, 0.25) is 0 Å². The molecular weight excluding hydrogens is 342 g/mol. The van der Waals surface area contributed by atoms with Gasteiger partial charge in [-0.3, -0.25) is 14.9 Å². The number of nitrogens with two attached hydrogens (primary N) is 1. The molecule has 8 heteroatoms. The van der Waals surface area contributed by atoms with Gasteiger partial charge >= 0.3 is 0 Å². The number of carbonyl (C=O) groups is 1. The molecule has 0 spiro atoms. The molecule has 0 aliphatic rings. The average Bonchev–Trinajstić information content (AvgIpc) is 3.17. The van der Waals surface area contributed by atoms with Gasteiger partial charge in [0.05, 0.1) is 28.4 Å². The van der Waals surface area contributed by atoms with Crippen LogP contribution in [0.25, 0.3) is 22.3 Å². The van der Waals surface area contributed by atoms with Gasteiger partial charge < -0.3 is 11.1 Å². The molecule has 0 atom stereocenters. The first-order valence-electron chi connectivity index (χ1n) is 8.01. The van der Waals surface area contributed by atoms with Crippen molar-refractivity contribution in [1.29, 1.82) is 5.26 Å². The topological polar surface area (TPSA) is 133 Å². The summed E-state index contributed by atoms with van der Waals surface area (Å²) in [5.41, 5.74) is 9.25. The molecule has 4 rings (SSSR count). The van der Waals surface area contributed by atoms with Crippen LogP contribution in [0.1, 0.15) is 15.9 Å². The molecule has 27 heavy (non-hydrogen) atoms. The summed E-state index contributed by atoms with van der Waals surface area (Å²) in [6, 6.07) is 12.2. The zero-order valence-electron chi connectivity index (χ0n) is 14.0. The molecule has 1 amide bonds. The van der Waals surface area contributed by atoms with Crippen molar-refractivity contribution in [3.8, 4) is 17.3 Å². The smallest absolute Gasteiger partial charge is 0.256 e. The highest BCUT2D eigenvalue weighted by Crippen LogP contribution is 2.26. The number of nitrogen functional groups attached to an aromatic ring is 1. The van der Waals surface area contributed by atoms with E-state index in [1.165, 1.54) is 0 Å². The fraction of sp³-hybridized carbons (Fsp3) is 0. The summed E-state index contributed by atoms with van der Waals surface area (Å²) in [6.07, 6.45) is 4.74. The summed E-state index contributed by atoms with van der Waals surface area (Å²) in [5.74, 6) is -0.299. The lowest BCUT2D eigenvalue weighted by Gasteiger charge is -2.09. The van der Waals surface area contributed by atoms with Crippen molar-refractivity contribution in [2.45, 2.75) is 0 Å². The normalized spacial score (nSPS) is 10.5. The predicted octanol–water partition coefficient (Wildman–Crippen LogP) is 2.73. The molecule has 0 aliphatic heterocycles. The van der Waals surface area contributed by atoms with Crippen LogP contribution in [0.15, 0.2) is 55.0 Å². The van der Waals surface area contributed by atoms with Crippen LogP contribution in [0, 0.1) is 11.3 Å². The molecular formula is C19H13N7O. The molecule has 3 aromatic heterocycles. The number of hydrogen-bond acceptors (Lipinski definition) is 6. The first kappa shape index (κ1) is 16.2. The number of fused-ring (bicyclic) bond motifs is 1. The molecule has 0 fully saturated rings. The zero-order chi connectivity index (χ0) is 18.8. The van der Waals surface area contributed by atoms with Gasteiger partial charge in [-0.15, -0.1) is 0 Å². The van der Waals surface area contributed by atoms with Crippen molar-refractivity contribution in [2.24, 2.45) is 0 Å². The van der Waals surface area contributed by atoms with Gasteiger partial charge in [0.2, 0.25) is 0 Å². The summed E-state index contributed by atoms with van der Waals surface area (Å²) in [6.45, 7) is 0. The Labute approximate surface area is 153 Å². The van der Waals surface area contributed by atoms with Gasteiger partial charge in [0, 0.05) is 29.3 Å². The van der Waals surface area contributed by atoms with Crippen molar-refractivity contribution in [1.82, 2.24) is 20.2 Å². The van der Waals surface area contributed by atoms with Gasteiger partial charge in [-0.05, 0) is 30.3 Å². The van der Waals surface area contributed by atoms with E-state index in [2.05, 4.69) is 25.5 Å². The number of benzene rings is 1. The van der Waals surface area contributed by atoms with E-state index >= 15 is 0 Å². The Kier molecular flexibility index (Phi) is 3.95. The number of rotatable bonds is 3. The Morgan fingerprint density at radius 3 is 2.78 bits per heavy atom. The van der Waals surface area contributed by atoms with Gasteiger partial charge in [0.1, 0.15) is 6.07 Å². The van der Waals surface area contributed by atoms with Crippen molar-refractivity contribution in [3.63, 3.8) is 0 Å². The van der Waals surface area contributed by atoms with Crippen molar-refractivity contribution < 1.29 is 4.79 Å². The Morgan fingerprint density at radius 1 is 1.19 bits per heavy atom. The molecule has 130 valence electrons. The zero-order valence-corrected chi connectivity index (χ0v) is 14.0. The van der Waals surface area contributed by atoms with Crippen molar-refractivity contribution in [3.05, 3.63) is 66.1 Å². The van der Waals surface area contributed by atoms with Crippen molar-refractivity contribution in [2.75, 3.05) is 11.1 Å². The minimum atomic E-state index is -0.299. The Hall–Kier alpha value is -4.25. The average molecular weight is 355 g/mol. The van der Waals surface area contributed by atoms with Crippen LogP contribution < -0.4 is 11.1 Å². The Balaban J connectivity index is 1.81. The third-order valence-corrected chi connectivity index (χ3v) is 4.08. The highest BCUT2D eigenvalue weighted by atomic mass is 16.1. The summed E-state index contributed by atoms with van der Waals surface area (Å²) >= 11 is 0. The van der Waals surface area contributed by atoms with Gasteiger partial charge in [0.15, 0.2) is 5.65 Å². The number of aromatic nitrogens is 4. The van der Waals surface area contributed by atoms with E-state index < -0.39 is 0 Å². The van der Waals surface area contributed by atoms with Gasteiger partial charge in [0.25, 0.3) is 5.91 Å². The monoisotopic (exact) mass is 355 g/mol. The second kappa shape index (κ2) is 6.57. The lowest BCUT2D eigenvalue weighted by Crippen LogP contribution is -2.12. The number of amides is 1. The number of pyridine rings is 2. The maximum absolute atomic E-state index is 12.8. The van der Waals surface area contributed by atoms with E-state index in [0.29, 0.717) is 44.8 Å². The fourth-order valence-corrected chi connectivity index (χ4v) is 2.71. The van der Waals surface area contributed by atoms with Crippen LogP contribution in [-0.4, -0.2) is 26.1 Å². The molecule has 0 unspecified atom stereocenters. The first-order chi connectivity index (χ1) is 13.2. The van der Waals surface area contributed by atoms with E-state index in [9.17, 15) is 10.1 Å². The fourth-order valence-electron chi connectivity index (χ4n) is 2.71. The molecule has 0 bridgehead atoms. The number of nitrogens with zero attached hydrogens (tertiary/aromatic N) is 4. The van der Waals surface area contributed by atoms with E-state index in [4.69, 9.17) is 5.73 Å². The van der Waals surface area contributed by atoms with E-state index in [0.717, 1.165) is 0 Å². The van der Waals surface area contributed by atoms with Gasteiger partial charge in [-0.25, -0.2) is 4.98 Å². The van der Waals surface area contributed by atoms with Gasteiger partial charge in [-0.2, -0.15) is 10.4 Å². The molecule has 1 aromatic carbocycles. The molecule has 0 saturated carbocycles. The summed E-state index contributed by atoms with van der Waals surface area (Å²) in [4.78, 5) is 21.2. The maximum Gasteiger partial charge on any atom is 0.256 e. The van der Waals surface area contributed by atoms with E-state index in [1.807, 2.05) is 6.07 Å². The third kappa shape index (κ3) is 3.05. The number of aromatic amines is 1. The highest BCUT2D eigenvalue weighted by Gasteiger charge is 2.16. The molecule has 3 heterocycles. The predicted molar refractivity (Wildman–Crippen MR) is 101 cm³/mol. The van der Waals surface area contributed by atoms with Crippen LogP contribution in [-0.2, 0) is 0 Å². The first-order valence-corrected chi connectivity index (χ1v) is 8.01. The van der Waals surface area contributed by atoms with E-state index in [-0.39, 0.29) is 5.91 Å². The Morgan fingerprint density at radius 2 is 2.00 bits per heavy atom. The standard InChI is InChI=1S/C19H13N7O/c20-9-12-7-11(1-2-16(12)21)17-8-14(15-10-23-26-18(15)25-17)19(27)24-13-3-5-22-6-4-13/h1-8,10H,21H2,(H,22,24,27)(H,23,25,26). The second-order valence-corrected chi connectivity index (χ2v) is 5.79. The number of anilines is 2. The van der Waals surface area contributed by atoms with Crippen LogP contribution in [0.3, 0.4) is 0 Å². The molecule has 0 saturated heterocycles. The Bertz CT molecular complexity index is 1190. The maximum atomic E-state index is 12.8. The largest absolute Gasteiger partial charge is 0.398 e. The molecule has 4 N–H and O–H groups in total. The summed E-state index contributed by atoms with van der Waals surface area (Å²) in [5, 5.41) is 19.4.